The second-order valence-electron chi connectivity index (χ2n) is 11.3. The Morgan fingerprint density at radius 1 is 0.915 bits per heavy atom. The van der Waals surface area contributed by atoms with Gasteiger partial charge >= 0.3 is 12.1 Å². The molecule has 2 aromatic heterocycles. The number of aryl methyl sites for hydroxylation is 1. The van der Waals surface area contributed by atoms with Crippen molar-refractivity contribution in [2.75, 3.05) is 19.4 Å². The quantitative estimate of drug-likeness (QED) is 0.104. The van der Waals surface area contributed by atoms with Crippen molar-refractivity contribution in [1.29, 1.82) is 0 Å². The van der Waals surface area contributed by atoms with Crippen molar-refractivity contribution < 1.29 is 28.7 Å². The van der Waals surface area contributed by atoms with Crippen LogP contribution < -0.4 is 26.4 Å². The highest BCUT2D eigenvalue weighted by Gasteiger charge is 2.31. The number of benzene rings is 2. The molecule has 0 bridgehead atoms. The molecular weight excluding hydrogens is 604 g/mol. The van der Waals surface area contributed by atoms with E-state index >= 15 is 0 Å². The monoisotopic (exact) mass is 644 g/mol. The SMILES string of the molecule is COc1nc(N)c2ncn(CCCNC(=O)C(=O)[C@H](Cc3ccccc3)NC(=O)[C@H](CC(C)C)NC(=O)OCc3ccccc3)c2n1. The van der Waals surface area contributed by atoms with Gasteiger partial charge in [0, 0.05) is 19.5 Å². The minimum Gasteiger partial charge on any atom is -0.467 e. The molecule has 4 aromatic rings. The lowest BCUT2D eigenvalue weighted by molar-refractivity contribution is -0.140. The molecule has 0 radical (unpaired) electrons. The van der Waals surface area contributed by atoms with E-state index in [9.17, 15) is 19.2 Å². The van der Waals surface area contributed by atoms with Gasteiger partial charge in [0.05, 0.1) is 13.4 Å². The fourth-order valence-electron chi connectivity index (χ4n) is 4.84. The number of fused-ring (bicyclic) bond motifs is 1. The number of Topliss-reactive ketones (excluding diaryl/α,β-unsaturated/α-hetero) is 1. The van der Waals surface area contributed by atoms with Crippen LogP contribution in [0.1, 0.15) is 37.8 Å². The summed E-state index contributed by atoms with van der Waals surface area (Å²) >= 11 is 0. The highest BCUT2D eigenvalue weighted by molar-refractivity contribution is 6.38. The predicted molar refractivity (Wildman–Crippen MR) is 174 cm³/mol. The van der Waals surface area contributed by atoms with E-state index in [4.69, 9.17) is 15.2 Å². The predicted octanol–water partition coefficient (Wildman–Crippen LogP) is 2.56. The molecule has 0 unspecified atom stereocenters. The number of amides is 3. The number of nitrogens with two attached hydrogens (primary N) is 1. The second kappa shape index (κ2) is 16.7. The second-order valence-corrected chi connectivity index (χ2v) is 11.3. The molecule has 0 fully saturated rings. The summed E-state index contributed by atoms with van der Waals surface area (Å²) in [7, 11) is 1.43. The zero-order valence-corrected chi connectivity index (χ0v) is 26.6. The third-order valence-electron chi connectivity index (χ3n) is 7.18. The normalized spacial score (nSPS) is 12.3. The third kappa shape index (κ3) is 9.98. The Balaban J connectivity index is 1.38. The van der Waals surface area contributed by atoms with E-state index in [0.717, 1.165) is 11.1 Å². The Morgan fingerprint density at radius 3 is 2.26 bits per heavy atom. The number of imidazole rings is 1. The van der Waals surface area contributed by atoms with Gasteiger partial charge in [0.25, 0.3) is 5.91 Å². The van der Waals surface area contributed by atoms with Crippen LogP contribution in [0, 0.1) is 5.92 Å². The molecule has 14 heteroatoms. The van der Waals surface area contributed by atoms with Crippen LogP contribution in [0.2, 0.25) is 0 Å². The number of aromatic nitrogens is 4. The maximum absolute atomic E-state index is 13.5. The summed E-state index contributed by atoms with van der Waals surface area (Å²) in [6.07, 6.45) is 1.60. The summed E-state index contributed by atoms with van der Waals surface area (Å²) < 4.78 is 12.1. The van der Waals surface area contributed by atoms with Crippen LogP contribution in [0.4, 0.5) is 10.6 Å². The number of methoxy groups -OCH3 is 1. The molecule has 3 amide bonds. The van der Waals surface area contributed by atoms with Crippen molar-refractivity contribution in [3.05, 3.63) is 78.1 Å². The summed E-state index contributed by atoms with van der Waals surface area (Å²) in [5, 5.41) is 7.97. The van der Waals surface area contributed by atoms with Crippen molar-refractivity contribution in [1.82, 2.24) is 35.5 Å². The number of alkyl carbamates (subject to hydrolysis) is 1. The van der Waals surface area contributed by atoms with Gasteiger partial charge in [-0.3, -0.25) is 14.4 Å². The average Bonchev–Trinajstić information content (AvgIpc) is 3.48. The maximum Gasteiger partial charge on any atom is 0.408 e. The number of ether oxygens (including phenoxy) is 2. The maximum atomic E-state index is 13.5. The molecule has 0 saturated heterocycles. The Bertz CT molecular complexity index is 1660. The molecule has 0 aliphatic carbocycles. The van der Waals surface area contributed by atoms with Gasteiger partial charge < -0.3 is 35.7 Å². The third-order valence-corrected chi connectivity index (χ3v) is 7.18. The zero-order chi connectivity index (χ0) is 33.8. The summed E-state index contributed by atoms with van der Waals surface area (Å²) in [5.74, 6) is -2.03. The first kappa shape index (κ1) is 34.3. The van der Waals surface area contributed by atoms with Gasteiger partial charge in [-0.25, -0.2) is 9.78 Å². The van der Waals surface area contributed by atoms with E-state index in [1.54, 1.807) is 35.2 Å². The highest BCUT2D eigenvalue weighted by atomic mass is 16.5. The summed E-state index contributed by atoms with van der Waals surface area (Å²) in [4.78, 5) is 65.1. The van der Waals surface area contributed by atoms with Crippen LogP contribution in [0.15, 0.2) is 67.0 Å². The Morgan fingerprint density at radius 2 is 1.60 bits per heavy atom. The highest BCUT2D eigenvalue weighted by Crippen LogP contribution is 2.19. The van der Waals surface area contributed by atoms with Crippen LogP contribution in [0.3, 0.4) is 0 Å². The molecule has 0 aliphatic rings. The first-order valence-corrected chi connectivity index (χ1v) is 15.3. The van der Waals surface area contributed by atoms with Crippen LogP contribution in [0.25, 0.3) is 11.2 Å². The van der Waals surface area contributed by atoms with Crippen molar-refractivity contribution >= 4 is 40.7 Å². The number of anilines is 1. The zero-order valence-electron chi connectivity index (χ0n) is 26.6. The van der Waals surface area contributed by atoms with Gasteiger partial charge in [0.15, 0.2) is 11.5 Å². The lowest BCUT2D eigenvalue weighted by atomic mass is 9.99. The first-order chi connectivity index (χ1) is 22.6. The number of hydrogen-bond acceptors (Lipinski definition) is 10. The molecule has 47 heavy (non-hydrogen) atoms. The molecule has 0 saturated carbocycles. The average molecular weight is 645 g/mol. The largest absolute Gasteiger partial charge is 0.467 e. The number of nitrogens with zero attached hydrogens (tertiary/aromatic N) is 4. The van der Waals surface area contributed by atoms with Gasteiger partial charge in [-0.2, -0.15) is 9.97 Å². The number of carbonyl (C=O) groups is 4. The molecule has 2 atom stereocenters. The fraction of sp³-hybridized carbons (Fsp3) is 0.364. The number of hydrogen-bond donors (Lipinski definition) is 4. The van der Waals surface area contributed by atoms with Crippen LogP contribution >= 0.6 is 0 Å². The number of ketones is 1. The van der Waals surface area contributed by atoms with E-state index in [2.05, 4.69) is 30.9 Å². The Kier molecular flexibility index (Phi) is 12.2. The summed E-state index contributed by atoms with van der Waals surface area (Å²) in [6.45, 7) is 4.42. The number of rotatable bonds is 16. The van der Waals surface area contributed by atoms with E-state index in [1.165, 1.54) is 7.11 Å². The van der Waals surface area contributed by atoms with Gasteiger partial charge in [-0.1, -0.05) is 74.5 Å². The van der Waals surface area contributed by atoms with Crippen molar-refractivity contribution in [2.45, 2.75) is 58.3 Å². The van der Waals surface area contributed by atoms with Crippen molar-refractivity contribution in [2.24, 2.45) is 5.92 Å². The molecule has 0 spiro atoms. The molecule has 14 nitrogen and oxygen atoms in total. The van der Waals surface area contributed by atoms with E-state index < -0.39 is 35.8 Å². The molecule has 0 aliphatic heterocycles. The van der Waals surface area contributed by atoms with Gasteiger partial charge in [0.1, 0.15) is 24.2 Å². The Labute approximate surface area is 272 Å². The number of nitrogen functional groups attached to an aromatic ring is 1. The summed E-state index contributed by atoms with van der Waals surface area (Å²) in [5.41, 5.74) is 8.39. The molecular formula is C33H40N8O6. The molecule has 5 N–H and O–H groups in total. The van der Waals surface area contributed by atoms with Crippen LogP contribution in [0.5, 0.6) is 6.01 Å². The summed E-state index contributed by atoms with van der Waals surface area (Å²) in [6, 6.07) is 16.1. The smallest absolute Gasteiger partial charge is 0.408 e. The fourth-order valence-corrected chi connectivity index (χ4v) is 4.84. The first-order valence-electron chi connectivity index (χ1n) is 15.3. The van der Waals surface area contributed by atoms with E-state index in [0.29, 0.717) is 24.1 Å². The lowest BCUT2D eigenvalue weighted by Gasteiger charge is -2.24. The minimum atomic E-state index is -1.17. The van der Waals surface area contributed by atoms with Gasteiger partial charge in [-0.15, -0.1) is 0 Å². The van der Waals surface area contributed by atoms with Crippen LogP contribution in [-0.4, -0.2) is 68.9 Å². The van der Waals surface area contributed by atoms with Gasteiger partial charge in [0.2, 0.25) is 11.7 Å². The van der Waals surface area contributed by atoms with E-state index in [-0.39, 0.29) is 43.7 Å². The van der Waals surface area contributed by atoms with Crippen LogP contribution in [-0.2, 0) is 38.7 Å². The minimum absolute atomic E-state index is 0.0309. The molecule has 2 aromatic carbocycles. The van der Waals surface area contributed by atoms with Crippen molar-refractivity contribution in [3.63, 3.8) is 0 Å². The standard InChI is InChI=1S/C33H40N8O6/c1-21(2)17-25(38-33(45)47-19-23-13-8-5-9-14-23)30(43)37-24(18-22-11-6-4-7-12-22)27(42)31(44)35-15-10-16-41-20-36-26-28(34)39-32(46-3)40-29(26)41/h4-9,11-14,20-21,24-25H,10,15-19H2,1-3H3,(H,35,44)(H,37,43)(H,38,45)(H2,34,39,40)/t24-,25-/m0/s1. The molecule has 4 rings (SSSR count). The molecule has 248 valence electrons. The lowest BCUT2D eigenvalue weighted by Crippen LogP contribution is -2.55. The topological polar surface area (TPSA) is 192 Å². The van der Waals surface area contributed by atoms with Crippen molar-refractivity contribution in [3.8, 4) is 6.01 Å². The number of nitrogens with one attached hydrogen (secondary N) is 3. The van der Waals surface area contributed by atoms with Gasteiger partial charge in [-0.05, 0) is 29.9 Å². The van der Waals surface area contributed by atoms with E-state index in [1.807, 2.05) is 50.2 Å². The molecule has 2 heterocycles. The number of carbonyl (C=O) groups excluding carboxylic acids is 4. The Hall–Kier alpha value is -5.53.